The fourth-order valence-corrected chi connectivity index (χ4v) is 2.27. The molecule has 0 saturated heterocycles. The minimum atomic E-state index is -0.0772. The van der Waals surface area contributed by atoms with E-state index in [0.717, 1.165) is 30.4 Å². The Bertz CT molecular complexity index is 529. The highest BCUT2D eigenvalue weighted by atomic mass is 16.5. The Morgan fingerprint density at radius 1 is 1.09 bits per heavy atom. The Morgan fingerprint density at radius 2 is 1.77 bits per heavy atom. The fraction of sp³-hybridized carbons (Fsp3) is 0.550. The molecule has 0 amide bonds. The van der Waals surface area contributed by atoms with Crippen molar-refractivity contribution in [3.63, 3.8) is 0 Å². The quantitative estimate of drug-likeness (QED) is 0.464. The van der Waals surface area contributed by atoms with Crippen molar-refractivity contribution in [3.05, 3.63) is 41.5 Å². The summed E-state index contributed by atoms with van der Waals surface area (Å²) in [6, 6.07) is 5.87. The van der Waals surface area contributed by atoms with Crippen LogP contribution >= 0.6 is 0 Å². The molecule has 0 fully saturated rings. The van der Waals surface area contributed by atoms with E-state index in [1.165, 1.54) is 0 Å². The highest BCUT2D eigenvalue weighted by molar-refractivity contribution is 5.76. The van der Waals surface area contributed by atoms with Crippen LogP contribution in [0.25, 0.3) is 0 Å². The summed E-state index contributed by atoms with van der Waals surface area (Å²) in [6.45, 7) is 13.6. The van der Waals surface area contributed by atoms with Gasteiger partial charge in [-0.25, -0.2) is 0 Å². The average molecular weight is 302 g/mol. The van der Waals surface area contributed by atoms with Crippen LogP contribution in [-0.2, 0) is 5.41 Å². The van der Waals surface area contributed by atoms with E-state index in [-0.39, 0.29) is 10.8 Å². The lowest BCUT2D eigenvalue weighted by Gasteiger charge is -2.27. The van der Waals surface area contributed by atoms with Gasteiger partial charge in [-0.15, -0.1) is 0 Å². The van der Waals surface area contributed by atoms with E-state index in [1.807, 2.05) is 19.1 Å². The van der Waals surface area contributed by atoms with Crippen molar-refractivity contribution in [1.82, 2.24) is 0 Å². The van der Waals surface area contributed by atoms with E-state index in [2.05, 4.69) is 52.8 Å². The molecule has 122 valence electrons. The lowest BCUT2D eigenvalue weighted by molar-refractivity contribution is 0.112. The molecule has 0 saturated carbocycles. The SMILES string of the molecule is CC=CC(C)(CC)c1cc(C=O)cc(OCC(C)(C)CC)c1. The number of carbonyl (C=O) groups excluding carboxylic acids is 1. The second-order valence-corrected chi connectivity index (χ2v) is 6.99. The van der Waals surface area contributed by atoms with E-state index >= 15 is 0 Å². The van der Waals surface area contributed by atoms with Crippen LogP contribution in [-0.4, -0.2) is 12.9 Å². The highest BCUT2D eigenvalue weighted by Gasteiger charge is 2.23. The van der Waals surface area contributed by atoms with Gasteiger partial charge >= 0.3 is 0 Å². The van der Waals surface area contributed by atoms with Gasteiger partial charge in [0.1, 0.15) is 12.0 Å². The number of hydrogen-bond acceptors (Lipinski definition) is 2. The second-order valence-electron chi connectivity index (χ2n) is 6.99. The summed E-state index contributed by atoms with van der Waals surface area (Å²) in [5.41, 5.74) is 1.86. The maximum absolute atomic E-state index is 11.3. The molecule has 0 radical (unpaired) electrons. The van der Waals surface area contributed by atoms with Gasteiger partial charge in [-0.1, -0.05) is 46.8 Å². The number of hydrogen-bond donors (Lipinski definition) is 0. The lowest BCUT2D eigenvalue weighted by atomic mass is 9.79. The molecule has 0 spiro atoms. The molecule has 0 aliphatic carbocycles. The van der Waals surface area contributed by atoms with Crippen molar-refractivity contribution in [2.45, 2.75) is 59.8 Å². The van der Waals surface area contributed by atoms with Gasteiger partial charge in [0.15, 0.2) is 0 Å². The van der Waals surface area contributed by atoms with Gasteiger partial charge in [-0.05, 0) is 48.9 Å². The molecule has 1 unspecified atom stereocenters. The van der Waals surface area contributed by atoms with Crippen LogP contribution in [0.15, 0.2) is 30.4 Å². The van der Waals surface area contributed by atoms with E-state index in [1.54, 1.807) is 0 Å². The summed E-state index contributed by atoms with van der Waals surface area (Å²) in [5, 5.41) is 0. The predicted octanol–water partition coefficient (Wildman–Crippen LogP) is 5.56. The zero-order valence-corrected chi connectivity index (χ0v) is 14.9. The molecule has 0 N–H and O–H groups in total. The largest absolute Gasteiger partial charge is 0.493 e. The summed E-state index contributed by atoms with van der Waals surface area (Å²) >= 11 is 0. The van der Waals surface area contributed by atoms with Crippen molar-refractivity contribution in [2.75, 3.05) is 6.61 Å². The van der Waals surface area contributed by atoms with Gasteiger partial charge in [0.25, 0.3) is 0 Å². The molecule has 0 aliphatic rings. The molecule has 0 bridgehead atoms. The Hall–Kier alpha value is -1.57. The molecule has 1 atom stereocenters. The third kappa shape index (κ3) is 4.72. The smallest absolute Gasteiger partial charge is 0.150 e. The fourth-order valence-electron chi connectivity index (χ4n) is 2.27. The van der Waals surface area contributed by atoms with Gasteiger partial charge in [0.2, 0.25) is 0 Å². The Morgan fingerprint density at radius 3 is 2.27 bits per heavy atom. The molecular weight excluding hydrogens is 272 g/mol. The Labute approximate surface area is 135 Å². The van der Waals surface area contributed by atoms with Gasteiger partial charge in [-0.3, -0.25) is 4.79 Å². The Balaban J connectivity index is 3.16. The normalized spacial score (nSPS) is 14.8. The van der Waals surface area contributed by atoms with E-state index in [4.69, 9.17) is 4.74 Å². The number of allylic oxidation sites excluding steroid dienone is 2. The molecule has 1 aromatic rings. The summed E-state index contributed by atoms with van der Waals surface area (Å²) in [4.78, 5) is 11.3. The summed E-state index contributed by atoms with van der Waals surface area (Å²) in [7, 11) is 0. The molecule has 2 heteroatoms. The number of ether oxygens (including phenoxy) is 1. The third-order valence-electron chi connectivity index (χ3n) is 4.58. The minimum Gasteiger partial charge on any atom is -0.493 e. The van der Waals surface area contributed by atoms with Gasteiger partial charge in [0.05, 0.1) is 6.61 Å². The summed E-state index contributed by atoms with van der Waals surface area (Å²) < 4.78 is 5.98. The molecule has 1 aromatic carbocycles. The van der Waals surface area contributed by atoms with Crippen molar-refractivity contribution < 1.29 is 9.53 Å². The first-order valence-corrected chi connectivity index (χ1v) is 8.17. The summed E-state index contributed by atoms with van der Waals surface area (Å²) in [6.07, 6.45) is 7.18. The molecule has 2 nitrogen and oxygen atoms in total. The van der Waals surface area contributed by atoms with Crippen LogP contribution in [0.1, 0.15) is 70.3 Å². The molecule has 0 aromatic heterocycles. The molecule has 0 heterocycles. The minimum absolute atomic E-state index is 0.0772. The van der Waals surface area contributed by atoms with E-state index < -0.39 is 0 Å². The maximum atomic E-state index is 11.3. The van der Waals surface area contributed by atoms with Crippen LogP contribution in [0, 0.1) is 5.41 Å². The van der Waals surface area contributed by atoms with E-state index in [9.17, 15) is 4.79 Å². The van der Waals surface area contributed by atoms with Crippen LogP contribution in [0.2, 0.25) is 0 Å². The molecule has 1 rings (SSSR count). The zero-order chi connectivity index (χ0) is 16.8. The average Bonchev–Trinajstić information content (AvgIpc) is 2.52. The zero-order valence-electron chi connectivity index (χ0n) is 14.9. The highest BCUT2D eigenvalue weighted by Crippen LogP contribution is 2.33. The van der Waals surface area contributed by atoms with Gasteiger partial charge in [-0.2, -0.15) is 0 Å². The van der Waals surface area contributed by atoms with Gasteiger partial charge in [0, 0.05) is 11.0 Å². The topological polar surface area (TPSA) is 26.3 Å². The van der Waals surface area contributed by atoms with Crippen molar-refractivity contribution in [1.29, 1.82) is 0 Å². The maximum Gasteiger partial charge on any atom is 0.150 e. The van der Waals surface area contributed by atoms with Crippen molar-refractivity contribution in [3.8, 4) is 5.75 Å². The first-order chi connectivity index (χ1) is 10.3. The van der Waals surface area contributed by atoms with Crippen LogP contribution < -0.4 is 4.74 Å². The number of rotatable bonds is 8. The Kier molecular flexibility index (Phi) is 6.40. The second kappa shape index (κ2) is 7.62. The monoisotopic (exact) mass is 302 g/mol. The standard InChI is InChI=1S/C20H30O2/c1-7-10-20(6,9-3)17-11-16(14-21)12-18(13-17)22-15-19(4,5)8-2/h7,10-14H,8-9,15H2,1-6H3. The first-order valence-electron chi connectivity index (χ1n) is 8.17. The van der Waals surface area contributed by atoms with Crippen LogP contribution in [0.3, 0.4) is 0 Å². The summed E-state index contributed by atoms with van der Waals surface area (Å²) in [5.74, 6) is 0.783. The predicted molar refractivity (Wildman–Crippen MR) is 93.9 cm³/mol. The van der Waals surface area contributed by atoms with Crippen LogP contribution in [0.5, 0.6) is 5.75 Å². The van der Waals surface area contributed by atoms with Crippen LogP contribution in [0.4, 0.5) is 0 Å². The van der Waals surface area contributed by atoms with Crippen molar-refractivity contribution >= 4 is 6.29 Å². The molecule has 0 aliphatic heterocycles. The van der Waals surface area contributed by atoms with E-state index in [0.29, 0.717) is 12.2 Å². The van der Waals surface area contributed by atoms with Crippen molar-refractivity contribution in [2.24, 2.45) is 5.41 Å². The first kappa shape index (κ1) is 18.5. The molecule has 22 heavy (non-hydrogen) atoms. The third-order valence-corrected chi connectivity index (χ3v) is 4.58. The number of carbonyl (C=O) groups is 1. The number of aldehydes is 1. The lowest BCUT2D eigenvalue weighted by Crippen LogP contribution is -2.21. The number of benzene rings is 1. The van der Waals surface area contributed by atoms with Gasteiger partial charge < -0.3 is 4.74 Å². The molecular formula is C20H30O2.